The highest BCUT2D eigenvalue weighted by Gasteiger charge is 2.52. The van der Waals surface area contributed by atoms with E-state index in [1.54, 1.807) is 12.1 Å². The van der Waals surface area contributed by atoms with E-state index in [4.69, 9.17) is 21.1 Å². The highest BCUT2D eigenvalue weighted by atomic mass is 79.9. The molecule has 2 heterocycles. The molecule has 3 aromatic rings. The van der Waals surface area contributed by atoms with E-state index in [-0.39, 0.29) is 16.8 Å². The van der Waals surface area contributed by atoms with Gasteiger partial charge in [-0.25, -0.2) is 13.5 Å². The molecule has 222 valence electrons. The SMILES string of the molecule is CO[C@@H]1[C@@H](n2cc(-c3cc(F)c(Cl)c(F)c3)nn2)[C@@H](O)[C@@H](CO)O[C@H]1C(=O)N(c1cc(Br)cc(C#N)c1)[C@H]1CC[C@@H]1O. The highest BCUT2D eigenvalue weighted by molar-refractivity contribution is 9.10. The molecule has 5 rings (SSSR count). The zero-order chi connectivity index (χ0) is 30.3. The molecule has 2 aromatic carbocycles. The zero-order valence-electron chi connectivity index (χ0n) is 21.9. The van der Waals surface area contributed by atoms with Gasteiger partial charge in [0.1, 0.15) is 46.7 Å². The smallest absolute Gasteiger partial charge is 0.259 e. The van der Waals surface area contributed by atoms with Gasteiger partial charge in [0.25, 0.3) is 5.91 Å². The van der Waals surface area contributed by atoms with Crippen LogP contribution in [0.25, 0.3) is 11.3 Å². The van der Waals surface area contributed by atoms with E-state index in [2.05, 4.69) is 26.2 Å². The largest absolute Gasteiger partial charge is 0.394 e. The number of carbonyl (C=O) groups is 1. The van der Waals surface area contributed by atoms with E-state index in [9.17, 15) is 34.2 Å². The maximum atomic E-state index is 14.2. The third-order valence-corrected chi connectivity index (χ3v) is 8.36. The summed E-state index contributed by atoms with van der Waals surface area (Å²) in [5.74, 6) is -2.65. The molecule has 1 amide bonds. The van der Waals surface area contributed by atoms with E-state index >= 15 is 0 Å². The second-order valence-corrected chi connectivity index (χ2v) is 11.3. The van der Waals surface area contributed by atoms with E-state index in [1.165, 1.54) is 29.0 Å². The number of nitriles is 1. The first-order chi connectivity index (χ1) is 20.1. The number of benzene rings is 2. The van der Waals surface area contributed by atoms with Gasteiger partial charge in [-0.3, -0.25) is 4.79 Å². The molecule has 1 saturated heterocycles. The minimum absolute atomic E-state index is 0.0237. The number of aliphatic hydroxyl groups excluding tert-OH is 3. The first kappa shape index (κ1) is 30.4. The van der Waals surface area contributed by atoms with Gasteiger partial charge in [0.05, 0.1) is 36.6 Å². The van der Waals surface area contributed by atoms with Crippen LogP contribution in [0.1, 0.15) is 24.4 Å². The van der Waals surface area contributed by atoms with Gasteiger partial charge in [0.15, 0.2) is 6.10 Å². The van der Waals surface area contributed by atoms with Gasteiger partial charge in [0, 0.05) is 22.8 Å². The van der Waals surface area contributed by atoms with E-state index in [0.29, 0.717) is 23.0 Å². The van der Waals surface area contributed by atoms with Crippen LogP contribution in [0, 0.1) is 23.0 Å². The predicted molar refractivity (Wildman–Crippen MR) is 147 cm³/mol. The average Bonchev–Trinajstić information content (AvgIpc) is 3.46. The fourth-order valence-corrected chi connectivity index (χ4v) is 5.87. The fraction of sp³-hybridized carbons (Fsp3) is 0.407. The number of halogens is 4. The molecule has 1 aliphatic carbocycles. The zero-order valence-corrected chi connectivity index (χ0v) is 24.3. The lowest BCUT2D eigenvalue weighted by Crippen LogP contribution is -2.64. The molecule has 0 bridgehead atoms. The molecular formula is C27H25BrClF2N5O6. The molecule has 42 heavy (non-hydrogen) atoms. The number of rotatable bonds is 7. The lowest BCUT2D eigenvalue weighted by atomic mass is 9.85. The van der Waals surface area contributed by atoms with Gasteiger partial charge in [-0.1, -0.05) is 32.7 Å². The summed E-state index contributed by atoms with van der Waals surface area (Å²) in [4.78, 5) is 15.6. The Balaban J connectivity index is 1.54. The summed E-state index contributed by atoms with van der Waals surface area (Å²) < 4.78 is 41.5. The molecule has 3 N–H and O–H groups in total. The van der Waals surface area contributed by atoms with Crippen molar-refractivity contribution in [2.24, 2.45) is 0 Å². The Labute approximate surface area is 251 Å². The molecule has 2 aliphatic rings. The third-order valence-electron chi connectivity index (χ3n) is 7.54. The van der Waals surface area contributed by atoms with Crippen LogP contribution in [0.2, 0.25) is 5.02 Å². The molecular weight excluding hydrogens is 644 g/mol. The van der Waals surface area contributed by atoms with Crippen molar-refractivity contribution in [2.45, 2.75) is 55.4 Å². The number of methoxy groups -OCH3 is 1. The molecule has 1 aliphatic heterocycles. The molecule has 0 radical (unpaired) electrons. The molecule has 1 aromatic heterocycles. The van der Waals surface area contributed by atoms with Crippen LogP contribution in [0.5, 0.6) is 0 Å². The van der Waals surface area contributed by atoms with Crippen LogP contribution in [-0.4, -0.2) is 86.5 Å². The standard InChI is InChI=1S/C27H25BrClF2N5O6/c1-41-25-23(35-10-18(33-34-35)13-6-16(30)22(29)17(31)7-13)24(39)21(11-37)42-26(25)27(40)36(19-2-3-20(19)38)15-5-12(9-32)4-14(28)8-15/h4-8,10,19-21,23-26,37-39H,2-3,11H2,1H3/t19-,20-,21+,23-,24-,25+,26+/m0/s1. The molecule has 2 fully saturated rings. The second-order valence-electron chi connectivity index (χ2n) is 10.0. The van der Waals surface area contributed by atoms with Gasteiger partial charge in [-0.2, -0.15) is 5.26 Å². The van der Waals surface area contributed by atoms with Gasteiger partial charge in [0.2, 0.25) is 0 Å². The third kappa shape index (κ3) is 5.53. The second kappa shape index (κ2) is 12.3. The Morgan fingerprint density at radius 1 is 1.26 bits per heavy atom. The van der Waals surface area contributed by atoms with Gasteiger partial charge in [-0.15, -0.1) is 5.10 Å². The summed E-state index contributed by atoms with van der Waals surface area (Å²) in [5, 5.41) is 48.6. The number of nitrogens with zero attached hydrogens (tertiary/aromatic N) is 5. The number of aromatic nitrogens is 3. The number of hydrogen-bond donors (Lipinski definition) is 3. The van der Waals surface area contributed by atoms with Crippen molar-refractivity contribution in [3.05, 3.63) is 63.2 Å². The normalized spacial score (nSPS) is 27.3. The Hall–Kier alpha value is -3.03. The van der Waals surface area contributed by atoms with Crippen LogP contribution in [0.4, 0.5) is 14.5 Å². The van der Waals surface area contributed by atoms with Crippen LogP contribution in [-0.2, 0) is 14.3 Å². The van der Waals surface area contributed by atoms with E-state index in [0.717, 1.165) is 12.1 Å². The molecule has 11 nitrogen and oxygen atoms in total. The van der Waals surface area contributed by atoms with Crippen LogP contribution in [0.3, 0.4) is 0 Å². The van der Waals surface area contributed by atoms with Crippen molar-refractivity contribution in [2.75, 3.05) is 18.6 Å². The lowest BCUT2D eigenvalue weighted by Gasteiger charge is -2.47. The van der Waals surface area contributed by atoms with Crippen molar-refractivity contribution < 1.29 is 38.4 Å². The maximum Gasteiger partial charge on any atom is 0.259 e. The van der Waals surface area contributed by atoms with Gasteiger partial charge < -0.3 is 29.7 Å². The number of hydrogen-bond acceptors (Lipinski definition) is 9. The maximum absolute atomic E-state index is 14.2. The van der Waals surface area contributed by atoms with Crippen molar-refractivity contribution >= 4 is 39.1 Å². The summed E-state index contributed by atoms with van der Waals surface area (Å²) in [6.07, 6.45) is -3.93. The highest BCUT2D eigenvalue weighted by Crippen LogP contribution is 2.38. The molecule has 0 unspecified atom stereocenters. The molecule has 7 atom stereocenters. The van der Waals surface area contributed by atoms with Gasteiger partial charge >= 0.3 is 0 Å². The topological polar surface area (TPSA) is 154 Å². The molecule has 1 saturated carbocycles. The number of carbonyl (C=O) groups excluding carboxylic acids is 1. The molecule has 0 spiro atoms. The Morgan fingerprint density at radius 3 is 2.55 bits per heavy atom. The number of amides is 1. The average molecular weight is 669 g/mol. The van der Waals surface area contributed by atoms with Crippen LogP contribution in [0.15, 0.2) is 41.0 Å². The van der Waals surface area contributed by atoms with Crippen molar-refractivity contribution in [3.8, 4) is 17.3 Å². The van der Waals surface area contributed by atoms with E-state index < -0.39 is 71.8 Å². The van der Waals surface area contributed by atoms with Crippen molar-refractivity contribution in [1.29, 1.82) is 5.26 Å². The minimum Gasteiger partial charge on any atom is -0.394 e. The Kier molecular flexibility index (Phi) is 8.91. The van der Waals surface area contributed by atoms with Crippen molar-refractivity contribution in [1.82, 2.24) is 15.0 Å². The Morgan fingerprint density at radius 2 is 1.98 bits per heavy atom. The number of ether oxygens (including phenoxy) is 2. The number of aliphatic hydroxyl groups is 3. The summed E-state index contributed by atoms with van der Waals surface area (Å²) in [6, 6.07) is 6.91. The fourth-order valence-electron chi connectivity index (χ4n) is 5.28. The van der Waals surface area contributed by atoms with Crippen LogP contribution < -0.4 is 4.90 Å². The molecule has 15 heteroatoms. The van der Waals surface area contributed by atoms with Crippen molar-refractivity contribution in [3.63, 3.8) is 0 Å². The Bertz CT molecular complexity index is 1520. The van der Waals surface area contributed by atoms with Gasteiger partial charge in [-0.05, 0) is 43.2 Å². The lowest BCUT2D eigenvalue weighted by molar-refractivity contribution is -0.211. The quantitative estimate of drug-likeness (QED) is 0.323. The first-order valence-corrected chi connectivity index (χ1v) is 14.0. The summed E-state index contributed by atoms with van der Waals surface area (Å²) in [5.41, 5.74) is 0.659. The van der Waals surface area contributed by atoms with E-state index in [1.807, 2.05) is 6.07 Å². The number of anilines is 1. The first-order valence-electron chi connectivity index (χ1n) is 12.8. The monoisotopic (exact) mass is 667 g/mol. The summed E-state index contributed by atoms with van der Waals surface area (Å²) in [6.45, 7) is -0.672. The summed E-state index contributed by atoms with van der Waals surface area (Å²) in [7, 11) is 1.30. The summed E-state index contributed by atoms with van der Waals surface area (Å²) >= 11 is 8.95. The van der Waals surface area contributed by atoms with Crippen LogP contribution >= 0.6 is 27.5 Å². The predicted octanol–water partition coefficient (Wildman–Crippen LogP) is 2.74. The minimum atomic E-state index is -1.45.